The van der Waals surface area contributed by atoms with Gasteiger partial charge in [-0.25, -0.2) is 0 Å². The molecule has 21 heavy (non-hydrogen) atoms. The lowest BCUT2D eigenvalue weighted by Gasteiger charge is -2.23. The van der Waals surface area contributed by atoms with Gasteiger partial charge in [0, 0.05) is 25.6 Å². The number of alkyl halides is 3. The van der Waals surface area contributed by atoms with Gasteiger partial charge in [0.15, 0.2) is 0 Å². The number of carbonyl (C=O) groups is 1. The van der Waals surface area contributed by atoms with Crippen molar-refractivity contribution in [2.24, 2.45) is 0 Å². The van der Waals surface area contributed by atoms with E-state index in [4.69, 9.17) is 0 Å². The van der Waals surface area contributed by atoms with Crippen LogP contribution in [0, 0.1) is 0 Å². The molecule has 0 bridgehead atoms. The molecule has 0 aromatic carbocycles. The van der Waals surface area contributed by atoms with Crippen LogP contribution in [0.5, 0.6) is 0 Å². The number of rotatable bonds is 6. The molecule has 1 aliphatic rings. The lowest BCUT2D eigenvalue weighted by Crippen LogP contribution is -2.45. The van der Waals surface area contributed by atoms with Crippen molar-refractivity contribution in [3.05, 3.63) is 12.2 Å². The first kappa shape index (κ1) is 17.9. The molecule has 1 aliphatic heterocycles. The van der Waals surface area contributed by atoms with Crippen LogP contribution < -0.4 is 5.32 Å². The van der Waals surface area contributed by atoms with E-state index >= 15 is 0 Å². The summed E-state index contributed by atoms with van der Waals surface area (Å²) in [5, 5.41) is 22.0. The fourth-order valence-corrected chi connectivity index (χ4v) is 2.36. The second-order valence-electron chi connectivity index (χ2n) is 5.00. The molecule has 3 atom stereocenters. The van der Waals surface area contributed by atoms with Crippen LogP contribution in [0.4, 0.5) is 13.2 Å². The summed E-state index contributed by atoms with van der Waals surface area (Å²) >= 11 is 0. The van der Waals surface area contributed by atoms with E-state index in [2.05, 4.69) is 5.32 Å². The van der Waals surface area contributed by atoms with E-state index < -0.39 is 24.4 Å². The van der Waals surface area contributed by atoms with Crippen LogP contribution in [-0.2, 0) is 4.79 Å². The molecule has 1 amide bonds. The number of hydrogen-bond donors (Lipinski definition) is 3. The summed E-state index contributed by atoms with van der Waals surface area (Å²) in [5.74, 6) is -0.213. The molecule has 0 radical (unpaired) electrons. The molecule has 0 aromatic rings. The van der Waals surface area contributed by atoms with E-state index in [0.29, 0.717) is 6.54 Å². The van der Waals surface area contributed by atoms with Gasteiger partial charge in [0.05, 0.1) is 24.8 Å². The molecule has 3 N–H and O–H groups in total. The van der Waals surface area contributed by atoms with E-state index in [-0.39, 0.29) is 38.0 Å². The highest BCUT2D eigenvalue weighted by molar-refractivity contribution is 5.76. The van der Waals surface area contributed by atoms with Gasteiger partial charge < -0.3 is 15.5 Å². The zero-order valence-electron chi connectivity index (χ0n) is 11.8. The average Bonchev–Trinajstić information content (AvgIpc) is 2.69. The first-order valence-corrected chi connectivity index (χ1v) is 6.85. The monoisotopic (exact) mass is 310 g/mol. The summed E-state index contributed by atoms with van der Waals surface area (Å²) in [6.45, 7) is 1.94. The Balaban J connectivity index is 2.53. The highest BCUT2D eigenvalue weighted by Crippen LogP contribution is 2.20. The van der Waals surface area contributed by atoms with Gasteiger partial charge in [0.2, 0.25) is 5.91 Å². The van der Waals surface area contributed by atoms with Gasteiger partial charge in [-0.3, -0.25) is 9.69 Å². The molecule has 0 aromatic heterocycles. The molecule has 8 heteroatoms. The Kier molecular flexibility index (Phi) is 6.63. The maximum atomic E-state index is 12.0. The minimum Gasteiger partial charge on any atom is -0.395 e. The first-order chi connectivity index (χ1) is 9.78. The molecule has 122 valence electrons. The van der Waals surface area contributed by atoms with Crippen molar-refractivity contribution in [1.29, 1.82) is 0 Å². The second-order valence-corrected chi connectivity index (χ2v) is 5.00. The van der Waals surface area contributed by atoms with Crippen molar-refractivity contribution >= 4 is 5.91 Å². The Bertz CT molecular complexity index is 374. The predicted molar refractivity (Wildman–Crippen MR) is 70.5 cm³/mol. The summed E-state index contributed by atoms with van der Waals surface area (Å²) in [6, 6.07) is -1.09. The van der Waals surface area contributed by atoms with Crippen LogP contribution in [0.1, 0.15) is 19.8 Å². The van der Waals surface area contributed by atoms with E-state index in [0.717, 1.165) is 6.08 Å². The van der Waals surface area contributed by atoms with Crippen molar-refractivity contribution < 1.29 is 28.2 Å². The molecule has 0 unspecified atom stereocenters. The van der Waals surface area contributed by atoms with Crippen molar-refractivity contribution in [3.8, 4) is 0 Å². The first-order valence-electron chi connectivity index (χ1n) is 6.85. The number of allylic oxidation sites excluding steroid dienone is 1. The Hall–Kier alpha value is -1.12. The SMILES string of the molecule is CCC(=O)N[C@H]1CN(CCC=CC(F)(F)F)[C@@H](CO)[C@@H]1O. The lowest BCUT2D eigenvalue weighted by atomic mass is 10.1. The molecule has 0 aliphatic carbocycles. The van der Waals surface area contributed by atoms with Gasteiger partial charge in [-0.15, -0.1) is 0 Å². The highest BCUT2D eigenvalue weighted by Gasteiger charge is 2.40. The summed E-state index contributed by atoms with van der Waals surface area (Å²) in [4.78, 5) is 13.0. The molecule has 0 saturated carbocycles. The molecule has 1 fully saturated rings. The second kappa shape index (κ2) is 7.77. The Labute approximate surface area is 121 Å². The van der Waals surface area contributed by atoms with Crippen molar-refractivity contribution in [2.45, 2.75) is 44.1 Å². The molecule has 1 heterocycles. The fourth-order valence-electron chi connectivity index (χ4n) is 2.36. The zero-order valence-corrected chi connectivity index (χ0v) is 11.8. The topological polar surface area (TPSA) is 72.8 Å². The third-order valence-corrected chi connectivity index (χ3v) is 3.45. The largest absolute Gasteiger partial charge is 0.409 e. The molecule has 1 saturated heterocycles. The summed E-state index contributed by atoms with van der Waals surface area (Å²) in [7, 11) is 0. The van der Waals surface area contributed by atoms with Gasteiger partial charge in [-0.2, -0.15) is 13.2 Å². The van der Waals surface area contributed by atoms with Crippen molar-refractivity contribution in [3.63, 3.8) is 0 Å². The number of hydrogen-bond acceptors (Lipinski definition) is 4. The fraction of sp³-hybridized carbons (Fsp3) is 0.769. The number of nitrogens with zero attached hydrogens (tertiary/aromatic N) is 1. The molecule has 1 rings (SSSR count). The molecule has 0 spiro atoms. The smallest absolute Gasteiger partial charge is 0.395 e. The summed E-state index contributed by atoms with van der Waals surface area (Å²) < 4.78 is 35.9. The maximum absolute atomic E-state index is 12.0. The van der Waals surface area contributed by atoms with E-state index in [9.17, 15) is 28.2 Å². The van der Waals surface area contributed by atoms with Gasteiger partial charge in [-0.05, 0) is 6.42 Å². The minimum atomic E-state index is -4.33. The van der Waals surface area contributed by atoms with E-state index in [1.54, 1.807) is 11.8 Å². The van der Waals surface area contributed by atoms with Crippen LogP contribution in [0.15, 0.2) is 12.2 Å². The summed E-state index contributed by atoms with van der Waals surface area (Å²) in [6.07, 6.45) is -3.66. The van der Waals surface area contributed by atoms with Gasteiger partial charge in [0.25, 0.3) is 0 Å². The molecule has 5 nitrogen and oxygen atoms in total. The van der Waals surface area contributed by atoms with Crippen molar-refractivity contribution in [2.75, 3.05) is 19.7 Å². The average molecular weight is 310 g/mol. The number of aliphatic hydroxyl groups is 2. The maximum Gasteiger partial charge on any atom is 0.409 e. The standard InChI is InChI=1S/C13H21F3N2O3/c1-2-11(20)17-9-7-18(10(8-19)12(9)21)6-4-3-5-13(14,15)16/h3,5,9-10,12,19,21H,2,4,6-8H2,1H3,(H,17,20)/t9-,10-,12+/m0/s1. The Morgan fingerprint density at radius 2 is 2.14 bits per heavy atom. The van der Waals surface area contributed by atoms with Crippen LogP contribution in [0.3, 0.4) is 0 Å². The highest BCUT2D eigenvalue weighted by atomic mass is 19.4. The predicted octanol–water partition coefficient (Wildman–Crippen LogP) is 0.427. The number of carbonyl (C=O) groups excluding carboxylic acids is 1. The summed E-state index contributed by atoms with van der Waals surface area (Å²) in [5.41, 5.74) is 0. The third kappa shape index (κ3) is 5.64. The van der Waals surface area contributed by atoms with E-state index in [1.807, 2.05) is 0 Å². The lowest BCUT2D eigenvalue weighted by molar-refractivity contribution is -0.122. The van der Waals surface area contributed by atoms with E-state index in [1.165, 1.54) is 0 Å². The van der Waals surface area contributed by atoms with Crippen LogP contribution in [0.25, 0.3) is 0 Å². The number of halogens is 3. The quantitative estimate of drug-likeness (QED) is 0.622. The number of nitrogens with one attached hydrogen (secondary N) is 1. The van der Waals surface area contributed by atoms with Crippen LogP contribution in [-0.4, -0.2) is 65.1 Å². The molecular formula is C13H21F3N2O3. The number of aliphatic hydroxyl groups excluding tert-OH is 2. The van der Waals surface area contributed by atoms with Crippen LogP contribution >= 0.6 is 0 Å². The Morgan fingerprint density at radius 3 is 2.67 bits per heavy atom. The van der Waals surface area contributed by atoms with Gasteiger partial charge >= 0.3 is 6.18 Å². The zero-order chi connectivity index (χ0) is 16.0. The van der Waals surface area contributed by atoms with Gasteiger partial charge in [-0.1, -0.05) is 13.0 Å². The van der Waals surface area contributed by atoms with Gasteiger partial charge in [0.1, 0.15) is 0 Å². The Morgan fingerprint density at radius 1 is 1.48 bits per heavy atom. The normalized spacial score (nSPS) is 27.4. The number of amides is 1. The molecular weight excluding hydrogens is 289 g/mol. The number of likely N-dealkylation sites (tertiary alicyclic amines) is 1. The minimum absolute atomic E-state index is 0.150. The van der Waals surface area contributed by atoms with Crippen LogP contribution in [0.2, 0.25) is 0 Å². The third-order valence-electron chi connectivity index (χ3n) is 3.45. The van der Waals surface area contributed by atoms with Crippen molar-refractivity contribution in [1.82, 2.24) is 10.2 Å².